The van der Waals surface area contributed by atoms with Gasteiger partial charge in [0.1, 0.15) is 0 Å². The van der Waals surface area contributed by atoms with E-state index < -0.39 is 0 Å². The first-order chi connectivity index (χ1) is 9.16. The number of nitrogen functional groups attached to an aromatic ring is 1. The third-order valence-corrected chi connectivity index (χ3v) is 3.12. The molecule has 0 amide bonds. The molecular formula is C15H15ClN2O. The summed E-state index contributed by atoms with van der Waals surface area (Å²) >= 11 is 5.82. The third kappa shape index (κ3) is 3.73. The number of nitrogens with two attached hydrogens (primary N) is 1. The molecule has 0 aliphatic heterocycles. The van der Waals surface area contributed by atoms with E-state index in [1.54, 1.807) is 18.2 Å². The van der Waals surface area contributed by atoms with E-state index in [4.69, 9.17) is 17.3 Å². The quantitative estimate of drug-likeness (QED) is 0.647. The van der Waals surface area contributed by atoms with Gasteiger partial charge in [0.05, 0.1) is 10.7 Å². The van der Waals surface area contributed by atoms with Crippen LogP contribution in [-0.2, 0) is 0 Å². The van der Waals surface area contributed by atoms with Crippen LogP contribution in [0.3, 0.4) is 0 Å². The van der Waals surface area contributed by atoms with Crippen molar-refractivity contribution < 1.29 is 4.79 Å². The zero-order chi connectivity index (χ0) is 13.7. The summed E-state index contributed by atoms with van der Waals surface area (Å²) in [6.45, 7) is 0.589. The Morgan fingerprint density at radius 2 is 1.89 bits per heavy atom. The van der Waals surface area contributed by atoms with Crippen LogP contribution in [0.2, 0.25) is 5.02 Å². The average molecular weight is 275 g/mol. The van der Waals surface area contributed by atoms with Gasteiger partial charge in [0, 0.05) is 24.2 Å². The van der Waals surface area contributed by atoms with Crippen molar-refractivity contribution in [3.63, 3.8) is 0 Å². The summed E-state index contributed by atoms with van der Waals surface area (Å²) in [4.78, 5) is 12.0. The number of nitrogens with one attached hydrogen (secondary N) is 1. The summed E-state index contributed by atoms with van der Waals surface area (Å²) in [5.74, 6) is 0.0480. The Labute approximate surface area is 117 Å². The van der Waals surface area contributed by atoms with E-state index in [0.717, 1.165) is 5.69 Å². The minimum Gasteiger partial charge on any atom is -0.398 e. The number of benzene rings is 2. The van der Waals surface area contributed by atoms with Gasteiger partial charge in [0.2, 0.25) is 0 Å². The van der Waals surface area contributed by atoms with Gasteiger partial charge in [-0.15, -0.1) is 0 Å². The van der Waals surface area contributed by atoms with E-state index >= 15 is 0 Å². The average Bonchev–Trinajstić information content (AvgIpc) is 2.43. The van der Waals surface area contributed by atoms with Gasteiger partial charge in [-0.3, -0.25) is 4.79 Å². The predicted molar refractivity (Wildman–Crippen MR) is 79.7 cm³/mol. The van der Waals surface area contributed by atoms with E-state index in [1.807, 2.05) is 30.3 Å². The second kappa shape index (κ2) is 6.25. The van der Waals surface area contributed by atoms with Crippen LogP contribution in [0.5, 0.6) is 0 Å². The van der Waals surface area contributed by atoms with E-state index in [9.17, 15) is 4.79 Å². The van der Waals surface area contributed by atoms with Crippen molar-refractivity contribution in [1.82, 2.24) is 0 Å². The normalized spacial score (nSPS) is 10.2. The number of hydrogen-bond acceptors (Lipinski definition) is 3. The summed E-state index contributed by atoms with van der Waals surface area (Å²) in [6.07, 6.45) is 0.413. The fraction of sp³-hybridized carbons (Fsp3) is 0.133. The van der Waals surface area contributed by atoms with Gasteiger partial charge in [0.15, 0.2) is 5.78 Å². The van der Waals surface area contributed by atoms with Crippen LogP contribution in [0.15, 0.2) is 48.5 Å². The highest BCUT2D eigenvalue weighted by Gasteiger charge is 2.07. The van der Waals surface area contributed by atoms with Gasteiger partial charge in [0.25, 0.3) is 0 Å². The molecule has 0 bridgehead atoms. The van der Waals surface area contributed by atoms with Crippen molar-refractivity contribution in [2.24, 2.45) is 0 Å². The number of carbonyl (C=O) groups excluding carboxylic acids is 1. The lowest BCUT2D eigenvalue weighted by Crippen LogP contribution is -2.09. The third-order valence-electron chi connectivity index (χ3n) is 2.77. The second-order valence-electron chi connectivity index (χ2n) is 4.20. The lowest BCUT2D eigenvalue weighted by molar-refractivity contribution is 0.0986. The Hall–Kier alpha value is -2.00. The predicted octanol–water partition coefficient (Wildman–Crippen LogP) is 3.61. The summed E-state index contributed by atoms with van der Waals surface area (Å²) in [6, 6.07) is 14.7. The first-order valence-corrected chi connectivity index (χ1v) is 6.42. The van der Waals surface area contributed by atoms with Crippen LogP contribution in [0.1, 0.15) is 16.8 Å². The number of halogens is 1. The highest BCUT2D eigenvalue weighted by Crippen LogP contribution is 2.20. The number of Topliss-reactive ketones (excluding diaryl/α,β-unsaturated/α-hetero) is 1. The number of para-hydroxylation sites is 1. The molecule has 0 aliphatic rings. The number of anilines is 2. The maximum Gasteiger partial charge on any atom is 0.164 e. The Morgan fingerprint density at radius 1 is 1.16 bits per heavy atom. The largest absolute Gasteiger partial charge is 0.398 e. The molecule has 98 valence electrons. The Kier molecular flexibility index (Phi) is 4.42. The molecule has 0 heterocycles. The molecule has 4 heteroatoms. The minimum atomic E-state index is 0.0480. The van der Waals surface area contributed by atoms with Gasteiger partial charge >= 0.3 is 0 Å². The van der Waals surface area contributed by atoms with Crippen LogP contribution >= 0.6 is 11.6 Å². The van der Waals surface area contributed by atoms with Gasteiger partial charge in [-0.25, -0.2) is 0 Å². The van der Waals surface area contributed by atoms with Gasteiger partial charge in [-0.05, 0) is 30.3 Å². The SMILES string of the molecule is Nc1cc(C(=O)CCNc2ccccc2)ccc1Cl. The molecule has 2 rings (SSSR count). The number of ketones is 1. The maximum atomic E-state index is 12.0. The number of rotatable bonds is 5. The van der Waals surface area contributed by atoms with Crippen molar-refractivity contribution in [2.75, 3.05) is 17.6 Å². The fourth-order valence-electron chi connectivity index (χ4n) is 1.74. The van der Waals surface area contributed by atoms with Crippen molar-refractivity contribution in [3.8, 4) is 0 Å². The van der Waals surface area contributed by atoms with E-state index in [0.29, 0.717) is 29.2 Å². The van der Waals surface area contributed by atoms with Gasteiger partial charge in [-0.2, -0.15) is 0 Å². The molecule has 0 fully saturated rings. The minimum absolute atomic E-state index is 0.0480. The van der Waals surface area contributed by atoms with Gasteiger partial charge < -0.3 is 11.1 Å². The van der Waals surface area contributed by atoms with Crippen LogP contribution in [-0.4, -0.2) is 12.3 Å². The monoisotopic (exact) mass is 274 g/mol. The molecular weight excluding hydrogens is 260 g/mol. The molecule has 2 aromatic rings. The second-order valence-corrected chi connectivity index (χ2v) is 4.61. The molecule has 19 heavy (non-hydrogen) atoms. The molecule has 0 saturated carbocycles. The topological polar surface area (TPSA) is 55.1 Å². The number of carbonyl (C=O) groups is 1. The Morgan fingerprint density at radius 3 is 2.58 bits per heavy atom. The molecule has 2 aromatic carbocycles. The fourth-order valence-corrected chi connectivity index (χ4v) is 1.86. The van der Waals surface area contributed by atoms with Crippen molar-refractivity contribution in [2.45, 2.75) is 6.42 Å². The van der Waals surface area contributed by atoms with Crippen molar-refractivity contribution in [1.29, 1.82) is 0 Å². The Balaban J connectivity index is 1.89. The molecule has 0 atom stereocenters. The molecule has 0 saturated heterocycles. The highest BCUT2D eigenvalue weighted by molar-refractivity contribution is 6.33. The summed E-state index contributed by atoms with van der Waals surface area (Å²) < 4.78 is 0. The zero-order valence-corrected chi connectivity index (χ0v) is 11.2. The van der Waals surface area contributed by atoms with E-state index in [2.05, 4.69) is 5.32 Å². The molecule has 0 unspecified atom stereocenters. The molecule has 3 nitrogen and oxygen atoms in total. The molecule has 3 N–H and O–H groups in total. The first kappa shape index (κ1) is 13.4. The van der Waals surface area contributed by atoms with Crippen LogP contribution < -0.4 is 11.1 Å². The molecule has 0 aromatic heterocycles. The van der Waals surface area contributed by atoms with Crippen LogP contribution in [0, 0.1) is 0 Å². The van der Waals surface area contributed by atoms with E-state index in [-0.39, 0.29) is 5.78 Å². The molecule has 0 aliphatic carbocycles. The smallest absolute Gasteiger partial charge is 0.164 e. The van der Waals surface area contributed by atoms with E-state index in [1.165, 1.54) is 0 Å². The zero-order valence-electron chi connectivity index (χ0n) is 10.4. The first-order valence-electron chi connectivity index (χ1n) is 6.04. The lowest BCUT2D eigenvalue weighted by atomic mass is 10.1. The van der Waals surface area contributed by atoms with Crippen molar-refractivity contribution in [3.05, 3.63) is 59.1 Å². The Bertz CT molecular complexity index is 570. The van der Waals surface area contributed by atoms with Gasteiger partial charge in [-0.1, -0.05) is 29.8 Å². The lowest BCUT2D eigenvalue weighted by Gasteiger charge is -2.06. The maximum absolute atomic E-state index is 12.0. The van der Waals surface area contributed by atoms with Crippen molar-refractivity contribution >= 4 is 28.8 Å². The van der Waals surface area contributed by atoms with Crippen LogP contribution in [0.25, 0.3) is 0 Å². The summed E-state index contributed by atoms with van der Waals surface area (Å²) in [5.41, 5.74) is 7.71. The molecule has 0 spiro atoms. The highest BCUT2D eigenvalue weighted by atomic mass is 35.5. The van der Waals surface area contributed by atoms with Crippen LogP contribution in [0.4, 0.5) is 11.4 Å². The standard InChI is InChI=1S/C15H15ClN2O/c16-13-7-6-11(10-14(13)17)15(19)8-9-18-12-4-2-1-3-5-12/h1-7,10,18H,8-9,17H2. The molecule has 0 radical (unpaired) electrons. The summed E-state index contributed by atoms with van der Waals surface area (Å²) in [5, 5.41) is 3.66. The summed E-state index contributed by atoms with van der Waals surface area (Å²) in [7, 11) is 0. The number of hydrogen-bond donors (Lipinski definition) is 2.